The molecule has 1 aliphatic heterocycles. The van der Waals surface area contributed by atoms with E-state index in [9.17, 15) is 13.2 Å². The first-order valence-corrected chi connectivity index (χ1v) is 9.65. The Morgan fingerprint density at radius 2 is 1.92 bits per heavy atom. The maximum Gasteiger partial charge on any atom is 0.261 e. The fourth-order valence-corrected chi connectivity index (χ4v) is 3.91. The Balaban J connectivity index is 1.81. The van der Waals surface area contributed by atoms with Gasteiger partial charge < -0.3 is 10.2 Å². The van der Waals surface area contributed by atoms with E-state index < -0.39 is 10.0 Å². The van der Waals surface area contributed by atoms with Crippen LogP contribution in [-0.4, -0.2) is 44.9 Å². The number of rotatable bonds is 4. The Morgan fingerprint density at radius 1 is 1.16 bits per heavy atom. The standard InChI is InChI=1S/C18H21N3O3S/c1-14-13-19-10-11-21(14)18(22)15-6-5-7-16(12-15)20-25(23,24)17-8-3-2-4-9-17/h2-9,12,14,19-20H,10-11,13H2,1H3. The van der Waals surface area contributed by atoms with Gasteiger partial charge in [0.1, 0.15) is 0 Å². The van der Waals surface area contributed by atoms with Crippen molar-refractivity contribution in [1.82, 2.24) is 10.2 Å². The molecule has 132 valence electrons. The summed E-state index contributed by atoms with van der Waals surface area (Å²) in [5, 5.41) is 3.25. The summed E-state index contributed by atoms with van der Waals surface area (Å²) in [5.74, 6) is -0.0882. The number of hydrogen-bond acceptors (Lipinski definition) is 4. The van der Waals surface area contributed by atoms with E-state index in [0.717, 1.165) is 13.1 Å². The molecule has 3 rings (SSSR count). The van der Waals surface area contributed by atoms with Gasteiger partial charge in [-0.2, -0.15) is 0 Å². The number of anilines is 1. The highest BCUT2D eigenvalue weighted by atomic mass is 32.2. The van der Waals surface area contributed by atoms with Crippen molar-refractivity contribution < 1.29 is 13.2 Å². The van der Waals surface area contributed by atoms with Crippen LogP contribution in [0.25, 0.3) is 0 Å². The Bertz CT molecular complexity index is 853. The van der Waals surface area contributed by atoms with Gasteiger partial charge in [-0.1, -0.05) is 24.3 Å². The average molecular weight is 359 g/mol. The van der Waals surface area contributed by atoms with Crippen molar-refractivity contribution in [3.8, 4) is 0 Å². The summed E-state index contributed by atoms with van der Waals surface area (Å²) in [4.78, 5) is 14.7. The molecule has 1 heterocycles. The summed E-state index contributed by atoms with van der Waals surface area (Å²) in [6, 6.07) is 14.9. The highest BCUT2D eigenvalue weighted by Crippen LogP contribution is 2.19. The molecule has 1 fully saturated rings. The van der Waals surface area contributed by atoms with Crippen LogP contribution in [0.2, 0.25) is 0 Å². The first-order valence-electron chi connectivity index (χ1n) is 8.17. The zero-order valence-electron chi connectivity index (χ0n) is 14.0. The predicted octanol–water partition coefficient (Wildman–Crippen LogP) is 1.92. The minimum absolute atomic E-state index is 0.0882. The quantitative estimate of drug-likeness (QED) is 0.874. The van der Waals surface area contributed by atoms with Crippen molar-refractivity contribution in [2.24, 2.45) is 0 Å². The molecule has 7 heteroatoms. The zero-order valence-corrected chi connectivity index (χ0v) is 14.8. The van der Waals surface area contributed by atoms with Crippen molar-refractivity contribution in [2.45, 2.75) is 17.9 Å². The first-order chi connectivity index (χ1) is 12.0. The first kappa shape index (κ1) is 17.4. The van der Waals surface area contributed by atoms with Crippen LogP contribution in [0.3, 0.4) is 0 Å². The molecule has 2 aromatic carbocycles. The van der Waals surface area contributed by atoms with Gasteiger partial charge in [0.25, 0.3) is 15.9 Å². The molecule has 0 radical (unpaired) electrons. The largest absolute Gasteiger partial charge is 0.333 e. The third kappa shape index (κ3) is 4.00. The van der Waals surface area contributed by atoms with Gasteiger partial charge in [-0.05, 0) is 37.3 Å². The van der Waals surface area contributed by atoms with E-state index in [1.807, 2.05) is 6.92 Å². The lowest BCUT2D eigenvalue weighted by Gasteiger charge is -2.34. The minimum Gasteiger partial charge on any atom is -0.333 e. The Morgan fingerprint density at radius 3 is 2.64 bits per heavy atom. The van der Waals surface area contributed by atoms with E-state index >= 15 is 0 Å². The van der Waals surface area contributed by atoms with Crippen LogP contribution in [0.1, 0.15) is 17.3 Å². The lowest BCUT2D eigenvalue weighted by molar-refractivity contribution is 0.0656. The average Bonchev–Trinajstić information content (AvgIpc) is 2.62. The van der Waals surface area contributed by atoms with Gasteiger partial charge in [0.05, 0.1) is 4.90 Å². The van der Waals surface area contributed by atoms with Gasteiger partial charge in [0, 0.05) is 36.9 Å². The molecule has 25 heavy (non-hydrogen) atoms. The third-order valence-corrected chi connectivity index (χ3v) is 5.57. The molecule has 1 amide bonds. The van der Waals surface area contributed by atoms with Crippen LogP contribution in [0.15, 0.2) is 59.5 Å². The van der Waals surface area contributed by atoms with E-state index in [-0.39, 0.29) is 16.8 Å². The molecule has 2 aromatic rings. The van der Waals surface area contributed by atoms with Crippen LogP contribution >= 0.6 is 0 Å². The summed E-state index contributed by atoms with van der Waals surface area (Å²) in [7, 11) is -3.68. The van der Waals surface area contributed by atoms with E-state index in [4.69, 9.17) is 0 Å². The monoisotopic (exact) mass is 359 g/mol. The number of hydrogen-bond donors (Lipinski definition) is 2. The van der Waals surface area contributed by atoms with Gasteiger partial charge in [-0.25, -0.2) is 8.42 Å². The van der Waals surface area contributed by atoms with Crippen molar-refractivity contribution in [3.05, 3.63) is 60.2 Å². The lowest BCUT2D eigenvalue weighted by Crippen LogP contribution is -2.52. The maximum absolute atomic E-state index is 12.7. The molecular formula is C18H21N3O3S. The number of nitrogens with zero attached hydrogens (tertiary/aromatic N) is 1. The second-order valence-electron chi connectivity index (χ2n) is 6.05. The van der Waals surface area contributed by atoms with Crippen molar-refractivity contribution >= 4 is 21.6 Å². The molecule has 0 aromatic heterocycles. The summed E-state index contributed by atoms with van der Waals surface area (Å²) in [6.07, 6.45) is 0. The minimum atomic E-state index is -3.68. The molecule has 6 nitrogen and oxygen atoms in total. The summed E-state index contributed by atoms with van der Waals surface area (Å²) >= 11 is 0. The predicted molar refractivity (Wildman–Crippen MR) is 97.1 cm³/mol. The smallest absolute Gasteiger partial charge is 0.261 e. The third-order valence-electron chi connectivity index (χ3n) is 4.18. The number of amides is 1. The van der Waals surface area contributed by atoms with E-state index in [2.05, 4.69) is 10.0 Å². The summed E-state index contributed by atoms with van der Waals surface area (Å²) < 4.78 is 27.4. The van der Waals surface area contributed by atoms with Crippen LogP contribution in [0.4, 0.5) is 5.69 Å². The second-order valence-corrected chi connectivity index (χ2v) is 7.73. The van der Waals surface area contributed by atoms with Gasteiger partial charge in [0.15, 0.2) is 0 Å². The Hall–Kier alpha value is -2.38. The van der Waals surface area contributed by atoms with Gasteiger partial charge in [-0.15, -0.1) is 0 Å². The highest BCUT2D eigenvalue weighted by molar-refractivity contribution is 7.92. The molecule has 1 unspecified atom stereocenters. The lowest BCUT2D eigenvalue weighted by atomic mass is 10.1. The maximum atomic E-state index is 12.7. The zero-order chi connectivity index (χ0) is 17.9. The molecular weight excluding hydrogens is 338 g/mol. The number of carbonyl (C=O) groups is 1. The van der Waals surface area contributed by atoms with Gasteiger partial charge >= 0.3 is 0 Å². The topological polar surface area (TPSA) is 78.5 Å². The van der Waals surface area contributed by atoms with Crippen molar-refractivity contribution in [3.63, 3.8) is 0 Å². The van der Waals surface area contributed by atoms with E-state index in [1.54, 1.807) is 47.4 Å². The van der Waals surface area contributed by atoms with Crippen molar-refractivity contribution in [2.75, 3.05) is 24.4 Å². The highest BCUT2D eigenvalue weighted by Gasteiger charge is 2.24. The second kappa shape index (κ2) is 7.25. The number of carbonyl (C=O) groups excluding carboxylic acids is 1. The number of benzene rings is 2. The molecule has 0 aliphatic carbocycles. The molecule has 0 saturated carbocycles. The molecule has 1 atom stereocenters. The number of sulfonamides is 1. The van der Waals surface area contributed by atoms with Gasteiger partial charge in [-0.3, -0.25) is 9.52 Å². The Labute approximate surface area is 147 Å². The van der Waals surface area contributed by atoms with Crippen LogP contribution in [-0.2, 0) is 10.0 Å². The fourth-order valence-electron chi connectivity index (χ4n) is 2.84. The molecule has 1 aliphatic rings. The summed E-state index contributed by atoms with van der Waals surface area (Å²) in [5.41, 5.74) is 0.847. The van der Waals surface area contributed by atoms with Crippen LogP contribution in [0.5, 0.6) is 0 Å². The number of piperazine rings is 1. The SMILES string of the molecule is CC1CNCCN1C(=O)c1cccc(NS(=O)(=O)c2ccccc2)c1. The Kier molecular flexibility index (Phi) is 5.06. The van der Waals surface area contributed by atoms with Crippen molar-refractivity contribution in [1.29, 1.82) is 0 Å². The van der Waals surface area contributed by atoms with E-state index in [1.165, 1.54) is 12.1 Å². The fraction of sp³-hybridized carbons (Fsp3) is 0.278. The van der Waals surface area contributed by atoms with Crippen LogP contribution in [0, 0.1) is 0 Å². The normalized spacial score (nSPS) is 18.0. The molecule has 1 saturated heterocycles. The molecule has 0 spiro atoms. The molecule has 0 bridgehead atoms. The number of nitrogens with one attached hydrogen (secondary N) is 2. The summed E-state index contributed by atoms with van der Waals surface area (Å²) in [6.45, 7) is 4.15. The molecule has 2 N–H and O–H groups in total. The van der Waals surface area contributed by atoms with E-state index in [0.29, 0.717) is 17.8 Å². The van der Waals surface area contributed by atoms with Gasteiger partial charge in [0.2, 0.25) is 0 Å². The van der Waals surface area contributed by atoms with Crippen LogP contribution < -0.4 is 10.0 Å².